The van der Waals surface area contributed by atoms with Crippen molar-refractivity contribution >= 4 is 23.0 Å². The Morgan fingerprint density at radius 3 is 2.07 bits per heavy atom. The summed E-state index contributed by atoms with van der Waals surface area (Å²) >= 11 is 0. The number of nitrogens with zero attached hydrogens (tertiary/aromatic N) is 5. The SMILES string of the molecule is CC.CC.CC1(C)c2ccccc2N2c3nccnc3N(c3cccnc3)C21. The Morgan fingerprint density at radius 1 is 0.786 bits per heavy atom. The van der Waals surface area contributed by atoms with E-state index >= 15 is 0 Å². The van der Waals surface area contributed by atoms with E-state index in [2.05, 4.69) is 68.9 Å². The van der Waals surface area contributed by atoms with E-state index in [4.69, 9.17) is 0 Å². The van der Waals surface area contributed by atoms with Gasteiger partial charge in [0.05, 0.1) is 11.9 Å². The van der Waals surface area contributed by atoms with Crippen LogP contribution in [0.25, 0.3) is 0 Å². The highest BCUT2D eigenvalue weighted by Crippen LogP contribution is 2.57. The Balaban J connectivity index is 0.000000531. The molecule has 0 N–H and O–H groups in total. The van der Waals surface area contributed by atoms with Crippen LogP contribution in [-0.4, -0.2) is 21.1 Å². The van der Waals surface area contributed by atoms with Crippen molar-refractivity contribution < 1.29 is 0 Å². The van der Waals surface area contributed by atoms with Gasteiger partial charge < -0.3 is 4.90 Å². The average molecular weight is 376 g/mol. The van der Waals surface area contributed by atoms with E-state index < -0.39 is 0 Å². The standard InChI is InChI=1S/C19H17N5.2C2H6/c1-19(2)14-7-3-4-8-15(14)24-17-16(21-10-11-22-17)23(18(19)24)13-6-5-9-20-12-13;2*1-2/h3-12,18H,1-2H3;2*1-2H3. The second-order valence-electron chi connectivity index (χ2n) is 6.77. The lowest BCUT2D eigenvalue weighted by atomic mass is 9.83. The van der Waals surface area contributed by atoms with Gasteiger partial charge in [0.1, 0.15) is 6.17 Å². The van der Waals surface area contributed by atoms with E-state index in [9.17, 15) is 0 Å². The summed E-state index contributed by atoms with van der Waals surface area (Å²) in [7, 11) is 0. The molecule has 0 fully saturated rings. The van der Waals surface area contributed by atoms with Gasteiger partial charge in [-0.3, -0.25) is 9.88 Å². The molecule has 2 aromatic heterocycles. The molecule has 3 aromatic rings. The van der Waals surface area contributed by atoms with Crippen molar-refractivity contribution in [1.29, 1.82) is 0 Å². The highest BCUT2D eigenvalue weighted by atomic mass is 15.5. The third-order valence-corrected chi connectivity index (χ3v) is 5.03. The molecule has 2 aliphatic heterocycles. The summed E-state index contributed by atoms with van der Waals surface area (Å²) in [6.07, 6.45) is 7.29. The first-order valence-electron chi connectivity index (χ1n) is 10.1. The quantitative estimate of drug-likeness (QED) is 0.535. The van der Waals surface area contributed by atoms with Crippen LogP contribution in [0.2, 0.25) is 0 Å². The minimum absolute atomic E-state index is 0.0746. The van der Waals surface area contributed by atoms with Crippen molar-refractivity contribution in [2.45, 2.75) is 53.1 Å². The fraction of sp³-hybridized carbons (Fsp3) is 0.348. The molecule has 4 heterocycles. The predicted octanol–water partition coefficient (Wildman–Crippen LogP) is 5.83. The van der Waals surface area contributed by atoms with Gasteiger partial charge in [-0.25, -0.2) is 9.97 Å². The van der Waals surface area contributed by atoms with Gasteiger partial charge >= 0.3 is 0 Å². The second kappa shape index (κ2) is 7.97. The highest BCUT2D eigenvalue weighted by molar-refractivity contribution is 5.88. The zero-order valence-electron chi connectivity index (χ0n) is 17.6. The molecular weight excluding hydrogens is 346 g/mol. The Labute approximate surface area is 168 Å². The maximum Gasteiger partial charge on any atom is 0.178 e. The van der Waals surface area contributed by atoms with Crippen LogP contribution in [0.15, 0.2) is 61.2 Å². The molecule has 1 atom stereocenters. The normalized spacial score (nSPS) is 17.4. The Hall–Kier alpha value is -2.95. The molecule has 1 unspecified atom stereocenters. The monoisotopic (exact) mass is 375 g/mol. The maximum absolute atomic E-state index is 4.64. The fourth-order valence-electron chi connectivity index (χ4n) is 4.03. The molecule has 0 bridgehead atoms. The lowest BCUT2D eigenvalue weighted by Crippen LogP contribution is -2.46. The average Bonchev–Trinajstić information content (AvgIpc) is 3.23. The Morgan fingerprint density at radius 2 is 1.43 bits per heavy atom. The maximum atomic E-state index is 4.64. The minimum atomic E-state index is -0.0746. The van der Waals surface area contributed by atoms with Crippen molar-refractivity contribution in [3.8, 4) is 0 Å². The number of rotatable bonds is 1. The number of hydrogen-bond donors (Lipinski definition) is 0. The zero-order valence-corrected chi connectivity index (χ0v) is 17.6. The van der Waals surface area contributed by atoms with Crippen molar-refractivity contribution in [2.75, 3.05) is 9.80 Å². The Kier molecular flexibility index (Phi) is 5.63. The first kappa shape index (κ1) is 19.8. The summed E-state index contributed by atoms with van der Waals surface area (Å²) < 4.78 is 0. The van der Waals surface area contributed by atoms with Crippen LogP contribution in [0.1, 0.15) is 47.1 Å². The van der Waals surface area contributed by atoms with Crippen LogP contribution in [-0.2, 0) is 5.41 Å². The first-order valence-corrected chi connectivity index (χ1v) is 10.1. The minimum Gasteiger partial charge on any atom is -0.301 e. The van der Waals surface area contributed by atoms with Crippen LogP contribution in [0.3, 0.4) is 0 Å². The lowest BCUT2D eigenvalue weighted by Gasteiger charge is -2.35. The number of aromatic nitrogens is 3. The van der Waals surface area contributed by atoms with Gasteiger partial charge in [-0.15, -0.1) is 0 Å². The van der Waals surface area contributed by atoms with Crippen LogP contribution < -0.4 is 9.80 Å². The van der Waals surface area contributed by atoms with Crippen LogP contribution in [0.5, 0.6) is 0 Å². The third-order valence-electron chi connectivity index (χ3n) is 5.03. The smallest absolute Gasteiger partial charge is 0.178 e. The van der Waals surface area contributed by atoms with Gasteiger partial charge in [0.25, 0.3) is 0 Å². The van der Waals surface area contributed by atoms with Crippen LogP contribution >= 0.6 is 0 Å². The van der Waals surface area contributed by atoms with Gasteiger partial charge in [0.15, 0.2) is 11.6 Å². The van der Waals surface area contributed by atoms with E-state index in [0.717, 1.165) is 17.3 Å². The third kappa shape index (κ3) is 2.82. The van der Waals surface area contributed by atoms with E-state index in [1.807, 2.05) is 40.0 Å². The predicted molar refractivity (Wildman–Crippen MR) is 116 cm³/mol. The lowest BCUT2D eigenvalue weighted by molar-refractivity contribution is 0.449. The summed E-state index contributed by atoms with van der Waals surface area (Å²) in [4.78, 5) is 18.1. The van der Waals surface area contributed by atoms with Gasteiger partial charge in [-0.1, -0.05) is 59.7 Å². The van der Waals surface area contributed by atoms with Crippen molar-refractivity contribution in [1.82, 2.24) is 15.0 Å². The van der Waals surface area contributed by atoms with Gasteiger partial charge in [-0.05, 0) is 23.8 Å². The summed E-state index contributed by atoms with van der Waals surface area (Å²) in [5, 5.41) is 0. The largest absolute Gasteiger partial charge is 0.301 e. The number of para-hydroxylation sites is 1. The molecule has 28 heavy (non-hydrogen) atoms. The molecule has 0 saturated heterocycles. The summed E-state index contributed by atoms with van der Waals surface area (Å²) in [6.45, 7) is 12.6. The number of benzene rings is 1. The fourth-order valence-corrected chi connectivity index (χ4v) is 4.03. The van der Waals surface area contributed by atoms with E-state index in [1.54, 1.807) is 18.6 Å². The number of hydrogen-bond acceptors (Lipinski definition) is 5. The molecule has 1 aromatic carbocycles. The number of pyridine rings is 1. The summed E-state index contributed by atoms with van der Waals surface area (Å²) in [5.41, 5.74) is 3.50. The zero-order chi connectivity index (χ0) is 20.3. The summed E-state index contributed by atoms with van der Waals surface area (Å²) in [5.74, 6) is 1.79. The molecule has 5 rings (SSSR count). The first-order chi connectivity index (χ1) is 13.7. The topological polar surface area (TPSA) is 45.2 Å². The molecule has 0 amide bonds. The molecule has 0 saturated carbocycles. The van der Waals surface area contributed by atoms with Crippen LogP contribution in [0, 0.1) is 0 Å². The van der Waals surface area contributed by atoms with Crippen molar-refractivity contribution in [3.05, 3.63) is 66.7 Å². The van der Waals surface area contributed by atoms with Gasteiger partial charge in [0, 0.05) is 29.7 Å². The van der Waals surface area contributed by atoms with E-state index in [0.29, 0.717) is 0 Å². The molecule has 0 spiro atoms. The molecule has 0 radical (unpaired) electrons. The van der Waals surface area contributed by atoms with Gasteiger partial charge in [0.2, 0.25) is 0 Å². The molecular formula is C23H29N5. The molecule has 5 heteroatoms. The molecule has 2 aliphatic rings. The van der Waals surface area contributed by atoms with Crippen LogP contribution in [0.4, 0.5) is 23.0 Å². The van der Waals surface area contributed by atoms with Crippen molar-refractivity contribution in [3.63, 3.8) is 0 Å². The molecule has 5 nitrogen and oxygen atoms in total. The molecule has 146 valence electrons. The number of fused-ring (bicyclic) bond motifs is 5. The van der Waals surface area contributed by atoms with Gasteiger partial charge in [-0.2, -0.15) is 0 Å². The van der Waals surface area contributed by atoms with Crippen molar-refractivity contribution in [2.24, 2.45) is 0 Å². The highest BCUT2D eigenvalue weighted by Gasteiger charge is 2.54. The number of anilines is 4. The second-order valence-corrected chi connectivity index (χ2v) is 6.77. The van der Waals surface area contributed by atoms with E-state index in [-0.39, 0.29) is 11.6 Å². The van der Waals surface area contributed by atoms with E-state index in [1.165, 1.54) is 11.3 Å². The summed E-state index contributed by atoms with van der Waals surface area (Å²) in [6, 6.07) is 12.6. The Bertz CT molecular complexity index is 908. The molecule has 0 aliphatic carbocycles.